The number of hydrogen-bond donors (Lipinski definition) is 1. The molecule has 0 spiro atoms. The fourth-order valence-electron chi connectivity index (χ4n) is 2.85. The summed E-state index contributed by atoms with van der Waals surface area (Å²) in [6, 6.07) is 5.40. The molecule has 18 heavy (non-hydrogen) atoms. The van der Waals surface area contributed by atoms with Gasteiger partial charge in [-0.1, -0.05) is 13.0 Å². The van der Waals surface area contributed by atoms with Gasteiger partial charge in [0, 0.05) is 37.1 Å². The van der Waals surface area contributed by atoms with Crippen LogP contribution in [0.1, 0.15) is 31.2 Å². The number of hydrogen-bond acceptors (Lipinski definition) is 4. The summed E-state index contributed by atoms with van der Waals surface area (Å²) in [7, 11) is 0. The Kier molecular flexibility index (Phi) is 5.18. The highest BCUT2D eigenvalue weighted by molar-refractivity contribution is 7.10. The van der Waals surface area contributed by atoms with E-state index in [2.05, 4.69) is 41.2 Å². The Morgan fingerprint density at radius 1 is 1.50 bits per heavy atom. The largest absolute Gasteiger partial charge is 0.329 e. The van der Waals surface area contributed by atoms with Crippen LogP contribution in [0.4, 0.5) is 0 Å². The lowest BCUT2D eigenvalue weighted by molar-refractivity contribution is 0.0581. The number of nitrogens with two attached hydrogens (primary N) is 1. The maximum atomic E-state index is 5.98. The molecule has 2 atom stereocenters. The van der Waals surface area contributed by atoms with Crippen LogP contribution in [-0.2, 0) is 0 Å². The molecule has 102 valence electrons. The van der Waals surface area contributed by atoms with Crippen LogP contribution in [0.2, 0.25) is 0 Å². The number of piperazine rings is 1. The van der Waals surface area contributed by atoms with Gasteiger partial charge in [-0.2, -0.15) is 0 Å². The van der Waals surface area contributed by atoms with Crippen LogP contribution in [-0.4, -0.2) is 48.6 Å². The third-order valence-corrected chi connectivity index (χ3v) is 4.82. The fraction of sp³-hybridized carbons (Fsp3) is 0.714. The Balaban J connectivity index is 1.98. The normalized spacial score (nSPS) is 24.3. The third kappa shape index (κ3) is 3.12. The van der Waals surface area contributed by atoms with Crippen molar-refractivity contribution >= 4 is 11.3 Å². The van der Waals surface area contributed by atoms with E-state index in [9.17, 15) is 0 Å². The van der Waals surface area contributed by atoms with E-state index in [4.69, 9.17) is 5.73 Å². The minimum atomic E-state index is 0.413. The molecule has 0 aliphatic carbocycles. The first-order valence-electron chi connectivity index (χ1n) is 6.97. The lowest BCUT2D eigenvalue weighted by Gasteiger charge is -2.42. The van der Waals surface area contributed by atoms with Crippen molar-refractivity contribution < 1.29 is 0 Å². The summed E-state index contributed by atoms with van der Waals surface area (Å²) >= 11 is 1.83. The summed E-state index contributed by atoms with van der Waals surface area (Å²) in [5, 5.41) is 2.15. The van der Waals surface area contributed by atoms with Gasteiger partial charge in [-0.25, -0.2) is 0 Å². The molecule has 0 bridgehead atoms. The average molecular weight is 267 g/mol. The lowest BCUT2D eigenvalue weighted by Crippen LogP contribution is -2.53. The molecule has 0 aromatic carbocycles. The van der Waals surface area contributed by atoms with Gasteiger partial charge in [0.1, 0.15) is 0 Å². The Bertz CT molecular complexity index is 339. The molecule has 1 aromatic heterocycles. The molecular weight excluding hydrogens is 242 g/mol. The molecule has 1 aliphatic heterocycles. The van der Waals surface area contributed by atoms with E-state index >= 15 is 0 Å². The summed E-state index contributed by atoms with van der Waals surface area (Å²) in [6.45, 7) is 10.0. The summed E-state index contributed by atoms with van der Waals surface area (Å²) < 4.78 is 0. The SMILES string of the molecule is CCCN1CCN(C(CN)c2cccs2)CC1C. The van der Waals surface area contributed by atoms with Gasteiger partial charge in [0.2, 0.25) is 0 Å². The van der Waals surface area contributed by atoms with Gasteiger partial charge in [-0.3, -0.25) is 9.80 Å². The van der Waals surface area contributed by atoms with Crippen molar-refractivity contribution in [1.29, 1.82) is 0 Å². The molecular formula is C14H25N3S. The first kappa shape index (κ1) is 14.0. The molecule has 1 saturated heterocycles. The van der Waals surface area contributed by atoms with Crippen LogP contribution < -0.4 is 5.73 Å². The topological polar surface area (TPSA) is 32.5 Å². The number of thiophene rings is 1. The zero-order valence-corrected chi connectivity index (χ0v) is 12.3. The molecule has 1 aliphatic rings. The van der Waals surface area contributed by atoms with Crippen molar-refractivity contribution in [1.82, 2.24) is 9.80 Å². The average Bonchev–Trinajstić information content (AvgIpc) is 2.87. The van der Waals surface area contributed by atoms with E-state index < -0.39 is 0 Å². The zero-order valence-electron chi connectivity index (χ0n) is 11.5. The van der Waals surface area contributed by atoms with Gasteiger partial charge in [-0.15, -0.1) is 11.3 Å². The minimum Gasteiger partial charge on any atom is -0.329 e. The van der Waals surface area contributed by atoms with Crippen LogP contribution in [0.5, 0.6) is 0 Å². The lowest BCUT2D eigenvalue weighted by atomic mass is 10.1. The second-order valence-corrected chi connectivity index (χ2v) is 6.13. The van der Waals surface area contributed by atoms with E-state index in [1.807, 2.05) is 11.3 Å². The standard InChI is InChI=1S/C14H25N3S/c1-3-6-16-7-8-17(11-12(16)2)13(10-15)14-5-4-9-18-14/h4-5,9,12-13H,3,6-8,10-11,15H2,1-2H3. The van der Waals surface area contributed by atoms with Crippen LogP contribution in [0.3, 0.4) is 0 Å². The zero-order chi connectivity index (χ0) is 13.0. The van der Waals surface area contributed by atoms with Gasteiger partial charge < -0.3 is 5.73 Å². The molecule has 2 N–H and O–H groups in total. The second-order valence-electron chi connectivity index (χ2n) is 5.15. The Morgan fingerprint density at radius 3 is 2.89 bits per heavy atom. The number of rotatable bonds is 5. The summed E-state index contributed by atoms with van der Waals surface area (Å²) in [5.41, 5.74) is 5.98. The molecule has 4 heteroatoms. The Morgan fingerprint density at radius 2 is 2.33 bits per heavy atom. The molecule has 0 amide bonds. The highest BCUT2D eigenvalue weighted by Crippen LogP contribution is 2.26. The smallest absolute Gasteiger partial charge is 0.0565 e. The third-order valence-electron chi connectivity index (χ3n) is 3.84. The van der Waals surface area contributed by atoms with Crippen LogP contribution >= 0.6 is 11.3 Å². The van der Waals surface area contributed by atoms with Gasteiger partial charge >= 0.3 is 0 Å². The molecule has 3 nitrogen and oxygen atoms in total. The van der Waals surface area contributed by atoms with E-state index in [-0.39, 0.29) is 0 Å². The van der Waals surface area contributed by atoms with E-state index in [0.717, 1.165) is 19.6 Å². The van der Waals surface area contributed by atoms with Crippen molar-refractivity contribution in [3.8, 4) is 0 Å². The quantitative estimate of drug-likeness (QED) is 0.887. The van der Waals surface area contributed by atoms with Crippen molar-refractivity contribution in [2.24, 2.45) is 5.73 Å². The predicted molar refractivity (Wildman–Crippen MR) is 79.0 cm³/mol. The highest BCUT2D eigenvalue weighted by Gasteiger charge is 2.28. The van der Waals surface area contributed by atoms with Crippen molar-refractivity contribution in [2.75, 3.05) is 32.7 Å². The summed E-state index contributed by atoms with van der Waals surface area (Å²) in [5.74, 6) is 0. The maximum Gasteiger partial charge on any atom is 0.0565 e. The molecule has 2 unspecified atom stereocenters. The van der Waals surface area contributed by atoms with Gasteiger partial charge in [0.25, 0.3) is 0 Å². The van der Waals surface area contributed by atoms with Gasteiger partial charge in [0.15, 0.2) is 0 Å². The first-order chi connectivity index (χ1) is 8.76. The van der Waals surface area contributed by atoms with Crippen LogP contribution in [0.25, 0.3) is 0 Å². The van der Waals surface area contributed by atoms with Gasteiger partial charge in [0.05, 0.1) is 6.04 Å². The van der Waals surface area contributed by atoms with Gasteiger partial charge in [-0.05, 0) is 31.3 Å². The van der Waals surface area contributed by atoms with Crippen molar-refractivity contribution in [2.45, 2.75) is 32.4 Å². The predicted octanol–water partition coefficient (Wildman–Crippen LogP) is 2.16. The molecule has 1 aromatic rings. The summed E-state index contributed by atoms with van der Waals surface area (Å²) in [6.07, 6.45) is 1.25. The molecule has 0 saturated carbocycles. The van der Waals surface area contributed by atoms with E-state index in [1.54, 1.807) is 0 Å². The van der Waals surface area contributed by atoms with Crippen LogP contribution in [0.15, 0.2) is 17.5 Å². The summed E-state index contributed by atoms with van der Waals surface area (Å²) in [4.78, 5) is 6.56. The van der Waals surface area contributed by atoms with E-state index in [0.29, 0.717) is 12.1 Å². The molecule has 1 fully saturated rings. The minimum absolute atomic E-state index is 0.413. The molecule has 0 radical (unpaired) electrons. The highest BCUT2D eigenvalue weighted by atomic mass is 32.1. The Labute approximate surface area is 115 Å². The first-order valence-corrected chi connectivity index (χ1v) is 7.85. The van der Waals surface area contributed by atoms with Crippen LogP contribution in [0, 0.1) is 0 Å². The van der Waals surface area contributed by atoms with Crippen molar-refractivity contribution in [3.05, 3.63) is 22.4 Å². The van der Waals surface area contributed by atoms with Crippen molar-refractivity contribution in [3.63, 3.8) is 0 Å². The fourth-order valence-corrected chi connectivity index (χ4v) is 3.73. The Hall–Kier alpha value is -0.420. The number of nitrogens with zero attached hydrogens (tertiary/aromatic N) is 2. The second kappa shape index (κ2) is 6.66. The monoisotopic (exact) mass is 267 g/mol. The van der Waals surface area contributed by atoms with E-state index in [1.165, 1.54) is 24.4 Å². The molecule has 2 rings (SSSR count). The molecule has 2 heterocycles. The maximum absolute atomic E-state index is 5.98.